The van der Waals surface area contributed by atoms with Gasteiger partial charge < -0.3 is 5.32 Å². The number of nitrogens with zero attached hydrogens (tertiary/aromatic N) is 2. The van der Waals surface area contributed by atoms with E-state index in [1.54, 1.807) is 31.3 Å². The third kappa shape index (κ3) is 2.69. The van der Waals surface area contributed by atoms with Gasteiger partial charge in [0.1, 0.15) is 0 Å². The Labute approximate surface area is 139 Å². The maximum atomic E-state index is 12.8. The molecule has 0 aliphatic heterocycles. The highest BCUT2D eigenvalue weighted by Crippen LogP contribution is 2.22. The number of hydrogen-bond donors (Lipinski definition) is 1. The Bertz CT molecular complexity index is 990. The number of amides is 1. The van der Waals surface area contributed by atoms with Crippen LogP contribution < -0.4 is 10.9 Å². The van der Waals surface area contributed by atoms with E-state index >= 15 is 0 Å². The molecule has 0 saturated carbocycles. The van der Waals surface area contributed by atoms with E-state index in [1.807, 2.05) is 32.0 Å². The number of benzene rings is 2. The summed E-state index contributed by atoms with van der Waals surface area (Å²) >= 11 is 0. The van der Waals surface area contributed by atoms with Crippen LogP contribution in [0.4, 0.5) is 5.69 Å². The van der Waals surface area contributed by atoms with Crippen molar-refractivity contribution in [3.05, 3.63) is 69.6 Å². The molecule has 0 radical (unpaired) electrons. The summed E-state index contributed by atoms with van der Waals surface area (Å²) in [5, 5.41) is 8.19. The summed E-state index contributed by atoms with van der Waals surface area (Å²) < 4.78 is 1.20. The number of hydrogen-bond acceptors (Lipinski definition) is 3. The Morgan fingerprint density at radius 3 is 2.54 bits per heavy atom. The van der Waals surface area contributed by atoms with Gasteiger partial charge in [-0.25, -0.2) is 4.68 Å². The van der Waals surface area contributed by atoms with Gasteiger partial charge in [0.05, 0.1) is 5.39 Å². The van der Waals surface area contributed by atoms with Crippen LogP contribution in [0, 0.1) is 6.92 Å². The largest absolute Gasteiger partial charge is 0.320 e. The Hall–Kier alpha value is -2.95. The molecule has 0 unspecified atom stereocenters. The van der Waals surface area contributed by atoms with E-state index in [-0.39, 0.29) is 17.2 Å². The SMILES string of the molecule is CCc1cccc(C)c1NC(=O)c1nn(C)c(=O)c2ccccc12. The minimum Gasteiger partial charge on any atom is -0.320 e. The number of aromatic nitrogens is 2. The Morgan fingerprint density at radius 1 is 1.12 bits per heavy atom. The molecule has 5 heteroatoms. The molecule has 0 bridgehead atoms. The van der Waals surface area contributed by atoms with Crippen molar-refractivity contribution in [3.63, 3.8) is 0 Å². The molecule has 0 aliphatic carbocycles. The van der Waals surface area contributed by atoms with E-state index in [4.69, 9.17) is 0 Å². The fourth-order valence-electron chi connectivity index (χ4n) is 2.84. The lowest BCUT2D eigenvalue weighted by molar-refractivity contribution is 0.102. The average Bonchev–Trinajstić information content (AvgIpc) is 2.59. The molecule has 1 aromatic heterocycles. The van der Waals surface area contributed by atoms with Gasteiger partial charge >= 0.3 is 0 Å². The summed E-state index contributed by atoms with van der Waals surface area (Å²) in [6.45, 7) is 4.01. The number of para-hydroxylation sites is 1. The molecule has 0 spiro atoms. The number of fused-ring (bicyclic) bond motifs is 1. The minimum atomic E-state index is -0.314. The zero-order valence-electron chi connectivity index (χ0n) is 14.0. The number of nitrogens with one attached hydrogen (secondary N) is 1. The molecule has 0 saturated heterocycles. The minimum absolute atomic E-state index is 0.215. The topological polar surface area (TPSA) is 64.0 Å². The van der Waals surface area contributed by atoms with Crippen LogP contribution in [0.15, 0.2) is 47.3 Å². The first-order valence-corrected chi connectivity index (χ1v) is 7.88. The first kappa shape index (κ1) is 15.9. The monoisotopic (exact) mass is 321 g/mol. The van der Waals surface area contributed by atoms with Crippen molar-refractivity contribution < 1.29 is 4.79 Å². The highest BCUT2D eigenvalue weighted by atomic mass is 16.2. The molecule has 24 heavy (non-hydrogen) atoms. The summed E-state index contributed by atoms with van der Waals surface area (Å²) in [4.78, 5) is 25.0. The molecule has 1 N–H and O–H groups in total. The Balaban J connectivity index is 2.11. The fraction of sp³-hybridized carbons (Fsp3) is 0.211. The van der Waals surface area contributed by atoms with Crippen LogP contribution >= 0.6 is 0 Å². The van der Waals surface area contributed by atoms with Gasteiger partial charge in [0.2, 0.25) is 0 Å². The first-order valence-electron chi connectivity index (χ1n) is 7.88. The van der Waals surface area contributed by atoms with Crippen molar-refractivity contribution in [2.75, 3.05) is 5.32 Å². The van der Waals surface area contributed by atoms with E-state index in [2.05, 4.69) is 10.4 Å². The molecule has 1 amide bonds. The third-order valence-electron chi connectivity index (χ3n) is 4.15. The number of rotatable bonds is 3. The van der Waals surface area contributed by atoms with Gasteiger partial charge in [0.25, 0.3) is 11.5 Å². The van der Waals surface area contributed by atoms with E-state index in [0.717, 1.165) is 23.2 Å². The molecule has 5 nitrogen and oxygen atoms in total. The van der Waals surface area contributed by atoms with Gasteiger partial charge in [0.15, 0.2) is 5.69 Å². The summed E-state index contributed by atoms with van der Waals surface area (Å²) in [5.74, 6) is -0.314. The smallest absolute Gasteiger partial charge is 0.276 e. The molecule has 0 fully saturated rings. The molecule has 1 heterocycles. The van der Waals surface area contributed by atoms with Crippen LogP contribution in [0.3, 0.4) is 0 Å². The summed E-state index contributed by atoms with van der Waals surface area (Å²) in [5.41, 5.74) is 2.91. The van der Waals surface area contributed by atoms with Crippen LogP contribution in [0.25, 0.3) is 10.8 Å². The fourth-order valence-corrected chi connectivity index (χ4v) is 2.84. The highest BCUT2D eigenvalue weighted by Gasteiger charge is 2.17. The van der Waals surface area contributed by atoms with Crippen LogP contribution in [0.2, 0.25) is 0 Å². The van der Waals surface area contributed by atoms with Crippen molar-refractivity contribution >= 4 is 22.4 Å². The van der Waals surface area contributed by atoms with Crippen molar-refractivity contribution in [2.45, 2.75) is 20.3 Å². The van der Waals surface area contributed by atoms with E-state index in [1.165, 1.54) is 4.68 Å². The molecular weight excluding hydrogens is 302 g/mol. The van der Waals surface area contributed by atoms with Crippen LogP contribution in [0.5, 0.6) is 0 Å². The van der Waals surface area contributed by atoms with Gasteiger partial charge in [-0.05, 0) is 30.5 Å². The summed E-state index contributed by atoms with van der Waals surface area (Å²) in [6, 6.07) is 13.0. The van der Waals surface area contributed by atoms with Gasteiger partial charge in [-0.1, -0.05) is 43.3 Å². The Morgan fingerprint density at radius 2 is 1.83 bits per heavy atom. The number of anilines is 1. The van der Waals surface area contributed by atoms with Gasteiger partial charge in [-0.3, -0.25) is 9.59 Å². The average molecular weight is 321 g/mol. The lowest BCUT2D eigenvalue weighted by Crippen LogP contribution is -2.25. The van der Waals surface area contributed by atoms with Crippen molar-refractivity contribution in [2.24, 2.45) is 7.05 Å². The second-order valence-electron chi connectivity index (χ2n) is 5.74. The summed E-state index contributed by atoms with van der Waals surface area (Å²) in [7, 11) is 1.55. The van der Waals surface area contributed by atoms with Crippen molar-refractivity contribution in [3.8, 4) is 0 Å². The highest BCUT2D eigenvalue weighted by molar-refractivity contribution is 6.11. The summed E-state index contributed by atoms with van der Waals surface area (Å²) in [6.07, 6.45) is 0.818. The maximum absolute atomic E-state index is 12.8. The standard InChI is InChI=1S/C19H19N3O2/c1-4-13-9-7-8-12(2)16(13)20-18(23)17-14-10-5-6-11-15(14)19(24)22(3)21-17/h5-11H,4H2,1-3H3,(H,20,23). The third-order valence-corrected chi connectivity index (χ3v) is 4.15. The van der Waals surface area contributed by atoms with Gasteiger partial charge in [0, 0.05) is 18.1 Å². The number of carbonyl (C=O) groups is 1. The zero-order chi connectivity index (χ0) is 17.3. The first-order chi connectivity index (χ1) is 11.5. The Kier molecular flexibility index (Phi) is 4.16. The van der Waals surface area contributed by atoms with Crippen LogP contribution in [0.1, 0.15) is 28.5 Å². The van der Waals surface area contributed by atoms with E-state index < -0.39 is 0 Å². The van der Waals surface area contributed by atoms with Crippen molar-refractivity contribution in [1.82, 2.24) is 9.78 Å². The zero-order valence-corrected chi connectivity index (χ0v) is 14.0. The lowest BCUT2D eigenvalue weighted by atomic mass is 10.1. The van der Waals surface area contributed by atoms with E-state index in [9.17, 15) is 9.59 Å². The molecule has 3 aromatic rings. The molecule has 0 aliphatic rings. The number of aryl methyl sites for hydroxylation is 3. The van der Waals surface area contributed by atoms with Crippen LogP contribution in [-0.4, -0.2) is 15.7 Å². The van der Waals surface area contributed by atoms with Crippen molar-refractivity contribution in [1.29, 1.82) is 0 Å². The van der Waals surface area contributed by atoms with Gasteiger partial charge in [-0.15, -0.1) is 0 Å². The molecular formula is C19H19N3O2. The van der Waals surface area contributed by atoms with Gasteiger partial charge in [-0.2, -0.15) is 5.10 Å². The normalized spacial score (nSPS) is 10.8. The molecule has 0 atom stereocenters. The molecule has 2 aromatic carbocycles. The predicted molar refractivity (Wildman–Crippen MR) is 95.5 cm³/mol. The van der Waals surface area contributed by atoms with Crippen LogP contribution in [-0.2, 0) is 13.5 Å². The lowest BCUT2D eigenvalue weighted by Gasteiger charge is -2.14. The second-order valence-corrected chi connectivity index (χ2v) is 5.74. The molecule has 122 valence electrons. The van der Waals surface area contributed by atoms with E-state index in [0.29, 0.717) is 10.8 Å². The number of carbonyl (C=O) groups excluding carboxylic acids is 1. The second kappa shape index (κ2) is 6.28. The predicted octanol–water partition coefficient (Wildman–Crippen LogP) is 3.06. The molecule has 3 rings (SSSR count). The quantitative estimate of drug-likeness (QED) is 0.806. The maximum Gasteiger partial charge on any atom is 0.276 e.